The van der Waals surface area contributed by atoms with Crippen LogP contribution < -0.4 is 0 Å². The first kappa shape index (κ1) is 29.3. The fourth-order valence-electron chi connectivity index (χ4n) is 5.67. The van der Waals surface area contributed by atoms with Gasteiger partial charge in [-0.3, -0.25) is 9.69 Å². The summed E-state index contributed by atoms with van der Waals surface area (Å²) in [6.45, 7) is 15.5. The van der Waals surface area contributed by atoms with Gasteiger partial charge in [0.2, 0.25) is 0 Å². The van der Waals surface area contributed by atoms with E-state index in [1.54, 1.807) is 0 Å². The second-order valence-electron chi connectivity index (χ2n) is 11.0. The monoisotopic (exact) mass is 512 g/mol. The molecule has 0 bridgehead atoms. The predicted molar refractivity (Wildman–Crippen MR) is 135 cm³/mol. The summed E-state index contributed by atoms with van der Waals surface area (Å²) in [6, 6.07) is 0. The highest BCUT2D eigenvalue weighted by molar-refractivity contribution is 5.79. The summed E-state index contributed by atoms with van der Waals surface area (Å²) in [5, 5.41) is 0. The van der Waals surface area contributed by atoms with Gasteiger partial charge in [0.1, 0.15) is 5.60 Å². The number of hydrogen-bond acceptors (Lipinski definition) is 9. The molecule has 0 radical (unpaired) electrons. The first-order chi connectivity index (χ1) is 17.1. The lowest BCUT2D eigenvalue weighted by Crippen LogP contribution is -2.68. The maximum absolute atomic E-state index is 14.1. The number of carbonyl (C=O) groups excluding carboxylic acids is 2. The van der Waals surface area contributed by atoms with Gasteiger partial charge >= 0.3 is 11.9 Å². The minimum Gasteiger partial charge on any atom is -0.466 e. The topological polar surface area (TPSA) is 86.8 Å². The van der Waals surface area contributed by atoms with Crippen LogP contribution in [0.15, 0.2) is 0 Å². The fourth-order valence-corrected chi connectivity index (χ4v) is 5.67. The van der Waals surface area contributed by atoms with Crippen molar-refractivity contribution in [1.82, 2.24) is 9.80 Å². The molecule has 3 atom stereocenters. The number of hydrogen-bond donors (Lipinski definition) is 0. The number of esters is 2. The molecule has 0 aromatic heterocycles. The van der Waals surface area contributed by atoms with E-state index in [0.717, 1.165) is 25.9 Å². The summed E-state index contributed by atoms with van der Waals surface area (Å²) >= 11 is 0. The van der Waals surface area contributed by atoms with Gasteiger partial charge in [0.25, 0.3) is 5.85 Å². The fraction of sp³-hybridized carbons (Fsp3) is 0.926. The van der Waals surface area contributed by atoms with E-state index in [2.05, 4.69) is 9.80 Å². The van der Waals surface area contributed by atoms with Crippen LogP contribution in [0, 0.1) is 5.92 Å². The number of rotatable bonds is 11. The number of ether oxygens (including phenoxy) is 5. The minimum absolute atomic E-state index is 0.107. The Kier molecular flexibility index (Phi) is 10.6. The van der Waals surface area contributed by atoms with Crippen molar-refractivity contribution in [2.75, 3.05) is 46.0 Å². The quantitative estimate of drug-likeness (QED) is 0.387. The summed E-state index contributed by atoms with van der Waals surface area (Å²) in [7, 11) is 0. The molecule has 36 heavy (non-hydrogen) atoms. The summed E-state index contributed by atoms with van der Waals surface area (Å²) < 4.78 is 30.3. The molecule has 0 aromatic rings. The molecule has 3 aliphatic rings. The highest BCUT2D eigenvalue weighted by Crippen LogP contribution is 2.38. The average Bonchev–Trinajstić information content (AvgIpc) is 3.49. The van der Waals surface area contributed by atoms with Crippen LogP contribution in [0.1, 0.15) is 80.1 Å². The van der Waals surface area contributed by atoms with Crippen LogP contribution in [0.2, 0.25) is 0 Å². The highest BCUT2D eigenvalue weighted by atomic mass is 16.6. The molecule has 0 spiro atoms. The van der Waals surface area contributed by atoms with Crippen LogP contribution >= 0.6 is 0 Å². The summed E-state index contributed by atoms with van der Waals surface area (Å²) in [5.41, 5.74) is -0.661. The Bertz CT molecular complexity index is 699. The van der Waals surface area contributed by atoms with Crippen LogP contribution in [0.25, 0.3) is 0 Å². The van der Waals surface area contributed by atoms with Crippen molar-refractivity contribution in [2.45, 2.75) is 110 Å². The Labute approximate surface area is 217 Å². The lowest BCUT2D eigenvalue weighted by atomic mass is 9.87. The summed E-state index contributed by atoms with van der Waals surface area (Å²) in [5.74, 6) is -1.97. The van der Waals surface area contributed by atoms with Crippen LogP contribution in [0.4, 0.5) is 0 Å². The molecule has 2 aliphatic heterocycles. The maximum atomic E-state index is 14.1. The Balaban J connectivity index is 1.90. The van der Waals surface area contributed by atoms with Gasteiger partial charge in [-0.2, -0.15) is 0 Å². The van der Waals surface area contributed by atoms with Gasteiger partial charge in [-0.25, -0.2) is 9.69 Å². The third kappa shape index (κ3) is 6.98. The van der Waals surface area contributed by atoms with Crippen LogP contribution in [-0.2, 0) is 33.3 Å². The molecule has 0 N–H and O–H groups in total. The number of likely N-dealkylation sites (tertiary alicyclic amines) is 2. The molecule has 0 amide bonds. The number of carbonyl (C=O) groups is 2. The largest absolute Gasteiger partial charge is 0.466 e. The SMILES string of the molecule is CCOC(=O)[C@H]1CC[C@H](OC(C(=O)OC(C)(C)C)(N2CCCC2)N2C[C@H](OCC)[C@@H](OCC)C2)CC1. The standard InChI is InChI=1S/C27H48N2O7/c1-7-32-22-18-29(19-23(22)33-8-2)27(28-16-10-11-17-28,25(31)36-26(4,5)6)35-21-14-12-20(13-15-21)24(30)34-9-3/h20-23H,7-19H2,1-6H3/t20-,21-,22-,23-,27?/m0/s1. The zero-order valence-corrected chi connectivity index (χ0v) is 23.3. The van der Waals surface area contributed by atoms with Gasteiger partial charge in [-0.05, 0) is 80.1 Å². The Morgan fingerprint density at radius 3 is 1.83 bits per heavy atom. The van der Waals surface area contributed by atoms with Gasteiger partial charge in [0.05, 0.1) is 30.8 Å². The zero-order valence-electron chi connectivity index (χ0n) is 23.3. The van der Waals surface area contributed by atoms with Crippen molar-refractivity contribution in [3.63, 3.8) is 0 Å². The second-order valence-corrected chi connectivity index (χ2v) is 11.0. The van der Waals surface area contributed by atoms with E-state index in [1.807, 2.05) is 41.5 Å². The molecule has 3 fully saturated rings. The average molecular weight is 513 g/mol. The van der Waals surface area contributed by atoms with Gasteiger partial charge in [0.15, 0.2) is 0 Å². The second kappa shape index (κ2) is 13.0. The summed E-state index contributed by atoms with van der Waals surface area (Å²) in [6.07, 6.45) is 4.31. The van der Waals surface area contributed by atoms with E-state index in [-0.39, 0.29) is 36.2 Å². The third-order valence-corrected chi connectivity index (χ3v) is 7.23. The Morgan fingerprint density at radius 1 is 0.806 bits per heavy atom. The third-order valence-electron chi connectivity index (χ3n) is 7.23. The van der Waals surface area contributed by atoms with E-state index in [9.17, 15) is 9.59 Å². The lowest BCUT2D eigenvalue weighted by molar-refractivity contribution is -0.275. The van der Waals surface area contributed by atoms with Gasteiger partial charge in [-0.1, -0.05) is 0 Å². The molecule has 9 nitrogen and oxygen atoms in total. The van der Waals surface area contributed by atoms with E-state index < -0.39 is 11.4 Å². The van der Waals surface area contributed by atoms with E-state index in [0.29, 0.717) is 58.6 Å². The van der Waals surface area contributed by atoms with Gasteiger partial charge < -0.3 is 23.7 Å². The summed E-state index contributed by atoms with van der Waals surface area (Å²) in [4.78, 5) is 30.7. The normalized spacial score (nSPS) is 29.7. The predicted octanol–water partition coefficient (Wildman–Crippen LogP) is 3.34. The molecule has 0 aromatic carbocycles. The van der Waals surface area contributed by atoms with Crippen molar-refractivity contribution in [1.29, 1.82) is 0 Å². The minimum atomic E-state index is -1.35. The highest BCUT2D eigenvalue weighted by Gasteiger charge is 2.58. The van der Waals surface area contributed by atoms with Crippen molar-refractivity contribution >= 4 is 11.9 Å². The molecule has 9 heteroatoms. The molecule has 3 rings (SSSR count). The van der Waals surface area contributed by atoms with E-state index in [1.165, 1.54) is 0 Å². The first-order valence-electron chi connectivity index (χ1n) is 14.0. The molecule has 1 saturated carbocycles. The van der Waals surface area contributed by atoms with Gasteiger partial charge in [0, 0.05) is 39.4 Å². The van der Waals surface area contributed by atoms with Crippen molar-refractivity contribution in [2.24, 2.45) is 5.92 Å². The molecular formula is C27H48N2O7. The van der Waals surface area contributed by atoms with Crippen LogP contribution in [0.5, 0.6) is 0 Å². The van der Waals surface area contributed by atoms with Crippen molar-refractivity contribution in [3.8, 4) is 0 Å². The number of nitrogens with zero attached hydrogens (tertiary/aromatic N) is 2. The molecular weight excluding hydrogens is 464 g/mol. The van der Waals surface area contributed by atoms with Crippen LogP contribution in [0.3, 0.4) is 0 Å². The Hall–Kier alpha value is -1.26. The maximum Gasteiger partial charge on any atom is 0.371 e. The van der Waals surface area contributed by atoms with Crippen molar-refractivity contribution in [3.05, 3.63) is 0 Å². The molecule has 208 valence electrons. The van der Waals surface area contributed by atoms with Crippen LogP contribution in [-0.4, -0.2) is 97.5 Å². The van der Waals surface area contributed by atoms with Gasteiger partial charge in [-0.15, -0.1) is 0 Å². The van der Waals surface area contributed by atoms with Crippen molar-refractivity contribution < 1.29 is 33.3 Å². The van der Waals surface area contributed by atoms with E-state index in [4.69, 9.17) is 23.7 Å². The molecule has 1 unspecified atom stereocenters. The molecule has 2 heterocycles. The molecule has 1 aliphatic carbocycles. The Morgan fingerprint density at radius 2 is 1.36 bits per heavy atom. The lowest BCUT2D eigenvalue weighted by Gasteiger charge is -2.48. The van der Waals surface area contributed by atoms with E-state index >= 15 is 0 Å². The smallest absolute Gasteiger partial charge is 0.371 e. The first-order valence-corrected chi connectivity index (χ1v) is 14.0. The zero-order chi connectivity index (χ0) is 26.3. The molecule has 2 saturated heterocycles.